The number of aryl methyl sites for hydroxylation is 1. The highest BCUT2D eigenvalue weighted by Gasteiger charge is 2.14. The quantitative estimate of drug-likeness (QED) is 0.487. The summed E-state index contributed by atoms with van der Waals surface area (Å²) in [5, 5.41) is 15.8. The van der Waals surface area contributed by atoms with Crippen LogP contribution in [0.25, 0.3) is 5.69 Å². The molecule has 0 radical (unpaired) electrons. The van der Waals surface area contributed by atoms with Crippen LogP contribution >= 0.6 is 12.4 Å². The van der Waals surface area contributed by atoms with Gasteiger partial charge in [-0.15, -0.1) is 17.5 Å². The Morgan fingerprint density at radius 1 is 0.970 bits per heavy atom. The van der Waals surface area contributed by atoms with Crippen molar-refractivity contribution in [3.63, 3.8) is 0 Å². The maximum Gasteiger partial charge on any atom is 0.194 e. The van der Waals surface area contributed by atoms with Crippen LogP contribution in [0.4, 0.5) is 0 Å². The number of halogens is 1. The fraction of sp³-hybridized carbons (Fsp3) is 0.480. The van der Waals surface area contributed by atoms with Gasteiger partial charge in [0.25, 0.3) is 0 Å². The van der Waals surface area contributed by atoms with Gasteiger partial charge in [-0.25, -0.2) is 0 Å². The van der Waals surface area contributed by atoms with Crippen LogP contribution < -0.4 is 14.8 Å². The largest absolute Gasteiger partial charge is 0.493 e. The Morgan fingerprint density at radius 2 is 1.70 bits per heavy atom. The Morgan fingerprint density at radius 3 is 2.42 bits per heavy atom. The number of benzene rings is 2. The summed E-state index contributed by atoms with van der Waals surface area (Å²) >= 11 is 0. The summed E-state index contributed by atoms with van der Waals surface area (Å²) in [6, 6.07) is 14.8. The van der Waals surface area contributed by atoms with E-state index in [4.69, 9.17) is 9.47 Å². The minimum Gasteiger partial charge on any atom is -0.493 e. The first-order valence-corrected chi connectivity index (χ1v) is 11.6. The zero-order valence-corrected chi connectivity index (χ0v) is 20.3. The SMILES string of the molecule is COc1cc(CNC2CCCCCCC2)ccc1OCc1nnnn1-c1ccc(C)cc1.Cl. The summed E-state index contributed by atoms with van der Waals surface area (Å²) in [5.74, 6) is 2.03. The lowest BCUT2D eigenvalue weighted by Crippen LogP contribution is -2.29. The fourth-order valence-corrected chi connectivity index (χ4v) is 4.19. The van der Waals surface area contributed by atoms with Gasteiger partial charge in [-0.1, -0.05) is 55.9 Å². The molecule has 0 aliphatic heterocycles. The Hall–Kier alpha value is -2.64. The summed E-state index contributed by atoms with van der Waals surface area (Å²) in [7, 11) is 1.67. The summed E-state index contributed by atoms with van der Waals surface area (Å²) in [5.41, 5.74) is 3.29. The number of methoxy groups -OCH3 is 1. The second-order valence-electron chi connectivity index (χ2n) is 8.54. The minimum atomic E-state index is 0. The smallest absolute Gasteiger partial charge is 0.194 e. The summed E-state index contributed by atoms with van der Waals surface area (Å²) in [6.45, 7) is 3.14. The standard InChI is InChI=1S/C25H33N5O2.ClH/c1-19-10-13-22(14-11-19)30-25(27-28-29-30)18-32-23-15-12-20(16-24(23)31-2)17-26-21-8-6-4-3-5-7-9-21;/h10-16,21,26H,3-9,17-18H2,1-2H3;1H. The molecule has 1 aromatic heterocycles. The van der Waals surface area contributed by atoms with Crippen molar-refractivity contribution in [2.24, 2.45) is 0 Å². The number of nitrogens with zero attached hydrogens (tertiary/aromatic N) is 4. The zero-order valence-electron chi connectivity index (χ0n) is 19.5. The first kappa shape index (κ1) is 25.0. The number of tetrazole rings is 1. The number of hydrogen-bond donors (Lipinski definition) is 1. The van der Waals surface area contributed by atoms with E-state index in [0.717, 1.165) is 18.0 Å². The molecule has 7 nitrogen and oxygen atoms in total. The Balaban J connectivity index is 0.00000306. The van der Waals surface area contributed by atoms with Gasteiger partial charge in [0.15, 0.2) is 23.9 Å². The van der Waals surface area contributed by atoms with Gasteiger partial charge in [-0.05, 0) is 60.0 Å². The van der Waals surface area contributed by atoms with E-state index in [1.165, 1.54) is 56.1 Å². The second-order valence-corrected chi connectivity index (χ2v) is 8.54. The number of ether oxygens (including phenoxy) is 2. The van der Waals surface area contributed by atoms with Crippen LogP contribution in [0.1, 0.15) is 61.9 Å². The Bertz CT molecular complexity index is 985. The van der Waals surface area contributed by atoms with E-state index in [1.54, 1.807) is 11.8 Å². The molecule has 1 fully saturated rings. The average Bonchev–Trinajstić information content (AvgIpc) is 3.26. The molecule has 2 aromatic carbocycles. The van der Waals surface area contributed by atoms with E-state index in [9.17, 15) is 0 Å². The van der Waals surface area contributed by atoms with Crippen molar-refractivity contribution in [3.05, 3.63) is 59.4 Å². The number of nitrogens with one attached hydrogen (secondary N) is 1. The van der Waals surface area contributed by atoms with Gasteiger partial charge < -0.3 is 14.8 Å². The highest BCUT2D eigenvalue weighted by atomic mass is 35.5. The molecule has 1 aliphatic carbocycles. The molecular formula is C25H34ClN5O2. The van der Waals surface area contributed by atoms with Gasteiger partial charge in [-0.3, -0.25) is 0 Å². The second kappa shape index (κ2) is 12.6. The highest BCUT2D eigenvalue weighted by Crippen LogP contribution is 2.29. The Labute approximate surface area is 202 Å². The predicted octanol–water partition coefficient (Wildman–Crippen LogP) is 5.18. The van der Waals surface area contributed by atoms with Gasteiger partial charge in [-0.2, -0.15) is 4.68 Å². The molecule has 1 N–H and O–H groups in total. The zero-order chi connectivity index (χ0) is 22.2. The molecule has 178 valence electrons. The third-order valence-corrected chi connectivity index (χ3v) is 6.10. The van der Waals surface area contributed by atoms with Gasteiger partial charge in [0.1, 0.15) is 0 Å². The van der Waals surface area contributed by atoms with Gasteiger partial charge >= 0.3 is 0 Å². The van der Waals surface area contributed by atoms with Crippen LogP contribution in [-0.2, 0) is 13.2 Å². The van der Waals surface area contributed by atoms with Crippen molar-refractivity contribution in [3.8, 4) is 17.2 Å². The third-order valence-electron chi connectivity index (χ3n) is 6.10. The fourth-order valence-electron chi connectivity index (χ4n) is 4.19. The van der Waals surface area contributed by atoms with Crippen molar-refractivity contribution in [2.75, 3.05) is 7.11 Å². The number of hydrogen-bond acceptors (Lipinski definition) is 6. The lowest BCUT2D eigenvalue weighted by Gasteiger charge is -2.21. The molecule has 1 heterocycles. The topological polar surface area (TPSA) is 74.1 Å². The van der Waals surface area contributed by atoms with Gasteiger partial charge in [0.05, 0.1) is 12.8 Å². The molecular weight excluding hydrogens is 438 g/mol. The third kappa shape index (κ3) is 6.92. The van der Waals surface area contributed by atoms with E-state index < -0.39 is 0 Å². The molecule has 0 bridgehead atoms. The van der Waals surface area contributed by atoms with Crippen LogP contribution in [0.3, 0.4) is 0 Å². The van der Waals surface area contributed by atoms with E-state index in [-0.39, 0.29) is 19.0 Å². The molecule has 0 amide bonds. The summed E-state index contributed by atoms with van der Waals surface area (Å²) in [4.78, 5) is 0. The minimum absolute atomic E-state index is 0. The summed E-state index contributed by atoms with van der Waals surface area (Å²) in [6.07, 6.45) is 9.33. The number of rotatable bonds is 8. The first-order valence-electron chi connectivity index (χ1n) is 11.6. The Kier molecular flexibility index (Phi) is 9.51. The number of aromatic nitrogens is 4. The van der Waals surface area contributed by atoms with Gasteiger partial charge in [0.2, 0.25) is 0 Å². The van der Waals surface area contributed by atoms with E-state index >= 15 is 0 Å². The van der Waals surface area contributed by atoms with Crippen LogP contribution in [-0.4, -0.2) is 33.4 Å². The monoisotopic (exact) mass is 471 g/mol. The van der Waals surface area contributed by atoms with Crippen LogP contribution in [0.5, 0.6) is 11.5 Å². The van der Waals surface area contributed by atoms with Crippen molar-refractivity contribution in [2.45, 2.75) is 71.1 Å². The first-order chi connectivity index (χ1) is 15.7. The van der Waals surface area contributed by atoms with Crippen molar-refractivity contribution in [1.82, 2.24) is 25.5 Å². The molecule has 0 unspecified atom stereocenters. The maximum absolute atomic E-state index is 6.03. The average molecular weight is 472 g/mol. The maximum atomic E-state index is 6.03. The summed E-state index contributed by atoms with van der Waals surface area (Å²) < 4.78 is 13.3. The molecule has 1 aliphatic rings. The van der Waals surface area contributed by atoms with E-state index in [1.807, 2.05) is 36.4 Å². The van der Waals surface area contributed by atoms with Crippen LogP contribution in [0, 0.1) is 6.92 Å². The van der Waals surface area contributed by atoms with E-state index in [0.29, 0.717) is 17.6 Å². The lowest BCUT2D eigenvalue weighted by atomic mass is 9.96. The van der Waals surface area contributed by atoms with Crippen molar-refractivity contribution >= 4 is 12.4 Å². The molecule has 0 saturated heterocycles. The van der Waals surface area contributed by atoms with Crippen LogP contribution in [0.15, 0.2) is 42.5 Å². The molecule has 0 spiro atoms. The van der Waals surface area contributed by atoms with Crippen molar-refractivity contribution in [1.29, 1.82) is 0 Å². The lowest BCUT2D eigenvalue weighted by molar-refractivity contribution is 0.273. The van der Waals surface area contributed by atoms with Crippen molar-refractivity contribution < 1.29 is 9.47 Å². The van der Waals surface area contributed by atoms with E-state index in [2.05, 4.69) is 33.8 Å². The molecule has 8 heteroatoms. The molecule has 0 atom stereocenters. The van der Waals surface area contributed by atoms with Crippen LogP contribution in [0.2, 0.25) is 0 Å². The highest BCUT2D eigenvalue weighted by molar-refractivity contribution is 5.85. The molecule has 4 rings (SSSR count). The molecule has 1 saturated carbocycles. The normalized spacial score (nSPS) is 14.7. The van der Waals surface area contributed by atoms with Gasteiger partial charge in [0, 0.05) is 12.6 Å². The predicted molar refractivity (Wildman–Crippen MR) is 131 cm³/mol. The molecule has 3 aromatic rings. The molecule has 33 heavy (non-hydrogen) atoms.